The smallest absolute Gasteiger partial charge is 0.267 e. The van der Waals surface area contributed by atoms with Crippen LogP contribution in [0.4, 0.5) is 0 Å². The van der Waals surface area contributed by atoms with E-state index >= 15 is 0 Å². The molecule has 4 nitrogen and oxygen atoms in total. The first-order valence-electron chi connectivity index (χ1n) is 9.78. The van der Waals surface area contributed by atoms with E-state index in [1.54, 1.807) is 18.2 Å². The molecular formula is C24H30N2O2. The zero-order chi connectivity index (χ0) is 20.6. The van der Waals surface area contributed by atoms with Gasteiger partial charge in [-0.15, -0.1) is 0 Å². The van der Waals surface area contributed by atoms with E-state index in [1.165, 1.54) is 0 Å². The molecule has 0 atom stereocenters. The van der Waals surface area contributed by atoms with Gasteiger partial charge in [-0.2, -0.15) is 0 Å². The van der Waals surface area contributed by atoms with Gasteiger partial charge in [0.25, 0.3) is 11.8 Å². The van der Waals surface area contributed by atoms with E-state index in [2.05, 4.69) is 38.3 Å². The third kappa shape index (κ3) is 6.38. The van der Waals surface area contributed by atoms with Crippen molar-refractivity contribution in [3.8, 4) is 0 Å². The number of amides is 2. The van der Waals surface area contributed by atoms with Gasteiger partial charge in [0.2, 0.25) is 0 Å². The molecule has 0 bridgehead atoms. The summed E-state index contributed by atoms with van der Waals surface area (Å²) in [6.45, 7) is 9.03. The summed E-state index contributed by atoms with van der Waals surface area (Å²) < 4.78 is 0. The zero-order valence-electron chi connectivity index (χ0n) is 17.2. The summed E-state index contributed by atoms with van der Waals surface area (Å²) >= 11 is 0. The third-order valence-corrected chi connectivity index (χ3v) is 4.43. The minimum atomic E-state index is -0.298. The molecule has 0 fully saturated rings. The van der Waals surface area contributed by atoms with Crippen LogP contribution in [0.15, 0.2) is 60.3 Å². The Balaban J connectivity index is 2.20. The van der Waals surface area contributed by atoms with Crippen molar-refractivity contribution in [2.45, 2.75) is 46.0 Å². The second-order valence-corrected chi connectivity index (χ2v) is 7.86. The van der Waals surface area contributed by atoms with Crippen molar-refractivity contribution in [3.05, 3.63) is 77.0 Å². The van der Waals surface area contributed by atoms with Crippen LogP contribution in [0.25, 0.3) is 6.08 Å². The predicted octanol–water partition coefficient (Wildman–Crippen LogP) is 4.67. The fourth-order valence-electron chi connectivity index (χ4n) is 2.66. The van der Waals surface area contributed by atoms with Crippen LogP contribution in [0.3, 0.4) is 0 Å². The SMILES string of the molecule is CCCCNC(=O)/C(=C\c1ccccc1)NC(=O)c1ccc(C(C)(C)C)cc1. The Morgan fingerprint density at radius 3 is 2.18 bits per heavy atom. The monoisotopic (exact) mass is 378 g/mol. The first-order chi connectivity index (χ1) is 13.3. The summed E-state index contributed by atoms with van der Waals surface area (Å²) in [5.41, 5.74) is 2.79. The maximum Gasteiger partial charge on any atom is 0.267 e. The van der Waals surface area contributed by atoms with Crippen LogP contribution < -0.4 is 10.6 Å². The van der Waals surface area contributed by atoms with Crippen molar-refractivity contribution in [2.24, 2.45) is 0 Å². The van der Waals surface area contributed by atoms with Crippen LogP contribution in [0.1, 0.15) is 62.0 Å². The van der Waals surface area contributed by atoms with Crippen molar-refractivity contribution in [1.29, 1.82) is 0 Å². The lowest BCUT2D eigenvalue weighted by Gasteiger charge is -2.19. The molecule has 0 radical (unpaired) electrons. The molecule has 2 aromatic carbocycles. The minimum Gasteiger partial charge on any atom is -0.351 e. The normalized spacial score (nSPS) is 11.8. The van der Waals surface area contributed by atoms with Crippen LogP contribution in [0, 0.1) is 0 Å². The molecule has 0 aromatic heterocycles. The lowest BCUT2D eigenvalue weighted by Crippen LogP contribution is -2.35. The highest BCUT2D eigenvalue weighted by molar-refractivity contribution is 6.05. The number of carbonyl (C=O) groups excluding carboxylic acids is 2. The van der Waals surface area contributed by atoms with Crippen molar-refractivity contribution < 1.29 is 9.59 Å². The molecule has 28 heavy (non-hydrogen) atoms. The summed E-state index contributed by atoms with van der Waals surface area (Å²) in [5.74, 6) is -0.578. The Morgan fingerprint density at radius 2 is 1.61 bits per heavy atom. The maximum atomic E-state index is 12.7. The molecule has 0 unspecified atom stereocenters. The Morgan fingerprint density at radius 1 is 0.964 bits per heavy atom. The van der Waals surface area contributed by atoms with Crippen molar-refractivity contribution >= 4 is 17.9 Å². The van der Waals surface area contributed by atoms with Crippen LogP contribution in [-0.2, 0) is 10.2 Å². The molecule has 0 spiro atoms. The number of nitrogens with one attached hydrogen (secondary N) is 2. The third-order valence-electron chi connectivity index (χ3n) is 4.43. The molecule has 0 saturated heterocycles. The van der Waals surface area contributed by atoms with Gasteiger partial charge in [0.1, 0.15) is 5.70 Å². The van der Waals surface area contributed by atoms with Gasteiger partial charge in [-0.1, -0.05) is 76.6 Å². The number of rotatable bonds is 7. The molecule has 4 heteroatoms. The van der Waals surface area contributed by atoms with Crippen LogP contribution in [0.2, 0.25) is 0 Å². The molecule has 0 saturated carbocycles. The molecule has 0 aliphatic rings. The van der Waals surface area contributed by atoms with Crippen molar-refractivity contribution in [1.82, 2.24) is 10.6 Å². The van der Waals surface area contributed by atoms with E-state index in [0.717, 1.165) is 24.0 Å². The van der Waals surface area contributed by atoms with Crippen LogP contribution in [0.5, 0.6) is 0 Å². The zero-order valence-corrected chi connectivity index (χ0v) is 17.2. The molecule has 2 rings (SSSR count). The fraction of sp³-hybridized carbons (Fsp3) is 0.333. The lowest BCUT2D eigenvalue weighted by atomic mass is 9.87. The summed E-state index contributed by atoms with van der Waals surface area (Å²) in [5, 5.41) is 5.64. The number of hydrogen-bond donors (Lipinski definition) is 2. The highest BCUT2D eigenvalue weighted by Crippen LogP contribution is 2.22. The number of hydrogen-bond acceptors (Lipinski definition) is 2. The van der Waals surface area contributed by atoms with Gasteiger partial charge in [0.05, 0.1) is 0 Å². The largest absolute Gasteiger partial charge is 0.351 e. The number of benzene rings is 2. The van der Waals surface area contributed by atoms with Gasteiger partial charge >= 0.3 is 0 Å². The molecule has 2 amide bonds. The van der Waals surface area contributed by atoms with E-state index in [9.17, 15) is 9.59 Å². The molecule has 2 aromatic rings. The highest BCUT2D eigenvalue weighted by Gasteiger charge is 2.17. The van der Waals surface area contributed by atoms with E-state index in [-0.39, 0.29) is 22.9 Å². The second-order valence-electron chi connectivity index (χ2n) is 7.86. The van der Waals surface area contributed by atoms with Gasteiger partial charge in [0.15, 0.2) is 0 Å². The van der Waals surface area contributed by atoms with Gasteiger partial charge in [-0.05, 0) is 41.2 Å². The second kappa shape index (κ2) is 9.88. The molecular weight excluding hydrogens is 348 g/mol. The lowest BCUT2D eigenvalue weighted by molar-refractivity contribution is -0.117. The van der Waals surface area contributed by atoms with Gasteiger partial charge < -0.3 is 10.6 Å². The average Bonchev–Trinajstić information content (AvgIpc) is 2.67. The van der Waals surface area contributed by atoms with E-state index in [4.69, 9.17) is 0 Å². The first-order valence-corrected chi connectivity index (χ1v) is 9.78. The maximum absolute atomic E-state index is 12.7. The van der Waals surface area contributed by atoms with Gasteiger partial charge in [-0.25, -0.2) is 0 Å². The summed E-state index contributed by atoms with van der Waals surface area (Å²) in [6.07, 6.45) is 3.58. The molecule has 0 aliphatic heterocycles. The van der Waals surface area contributed by atoms with Crippen LogP contribution >= 0.6 is 0 Å². The van der Waals surface area contributed by atoms with E-state index < -0.39 is 0 Å². The van der Waals surface area contributed by atoms with E-state index in [0.29, 0.717) is 12.1 Å². The van der Waals surface area contributed by atoms with E-state index in [1.807, 2.05) is 42.5 Å². The fourth-order valence-corrected chi connectivity index (χ4v) is 2.66. The topological polar surface area (TPSA) is 58.2 Å². The Kier molecular flexibility index (Phi) is 7.56. The minimum absolute atomic E-state index is 0.0204. The summed E-state index contributed by atoms with van der Waals surface area (Å²) in [6, 6.07) is 17.0. The quantitative estimate of drug-likeness (QED) is 0.543. The van der Waals surface area contributed by atoms with Crippen molar-refractivity contribution in [2.75, 3.05) is 6.54 Å². The Hall–Kier alpha value is -2.88. The Bertz CT molecular complexity index is 816. The van der Waals surface area contributed by atoms with Crippen molar-refractivity contribution in [3.63, 3.8) is 0 Å². The Labute approximate surface area is 168 Å². The first kappa shape index (κ1) is 21.4. The summed E-state index contributed by atoms with van der Waals surface area (Å²) in [7, 11) is 0. The number of unbranched alkanes of at least 4 members (excludes halogenated alkanes) is 1. The molecule has 0 aliphatic carbocycles. The van der Waals surface area contributed by atoms with Gasteiger partial charge in [-0.3, -0.25) is 9.59 Å². The highest BCUT2D eigenvalue weighted by atomic mass is 16.2. The number of carbonyl (C=O) groups is 2. The average molecular weight is 379 g/mol. The molecule has 2 N–H and O–H groups in total. The molecule has 148 valence electrons. The predicted molar refractivity (Wildman–Crippen MR) is 115 cm³/mol. The summed E-state index contributed by atoms with van der Waals surface area (Å²) in [4.78, 5) is 25.3. The van der Waals surface area contributed by atoms with Gasteiger partial charge in [0, 0.05) is 12.1 Å². The molecule has 0 heterocycles. The standard InChI is InChI=1S/C24H30N2O2/c1-5-6-16-25-23(28)21(17-18-10-8-7-9-11-18)26-22(27)19-12-14-20(15-13-19)24(2,3)4/h7-15,17H,5-6,16H2,1-4H3,(H,25,28)(H,26,27)/b21-17+. The van der Waals surface area contributed by atoms with Crippen LogP contribution in [-0.4, -0.2) is 18.4 Å².